The van der Waals surface area contributed by atoms with Crippen LogP contribution in [0.15, 0.2) is 18.2 Å². The molecule has 1 amide bonds. The van der Waals surface area contributed by atoms with Gasteiger partial charge in [-0.1, -0.05) is 24.9 Å². The predicted molar refractivity (Wildman–Crippen MR) is 73.2 cm³/mol. The number of carbonyl (C=O) groups is 2. The van der Waals surface area contributed by atoms with Gasteiger partial charge in [0.25, 0.3) is 0 Å². The number of hydrogen-bond donors (Lipinski definition) is 1. The van der Waals surface area contributed by atoms with Crippen LogP contribution < -0.4 is 10.6 Å². The highest BCUT2D eigenvalue weighted by atomic mass is 35.5. The number of primary amides is 1. The van der Waals surface area contributed by atoms with Gasteiger partial charge in [-0.05, 0) is 24.6 Å². The largest absolute Gasteiger partial charge is 0.368 e. The second-order valence-corrected chi connectivity index (χ2v) is 4.48. The summed E-state index contributed by atoms with van der Waals surface area (Å²) in [6.45, 7) is 2.90. The molecule has 98 valence electrons. The summed E-state index contributed by atoms with van der Waals surface area (Å²) in [5.41, 5.74) is 6.47. The lowest BCUT2D eigenvalue weighted by Crippen LogP contribution is -2.34. The molecule has 0 saturated heterocycles. The van der Waals surface area contributed by atoms with Crippen LogP contribution >= 0.6 is 11.6 Å². The number of amides is 1. The van der Waals surface area contributed by atoms with Crippen molar-refractivity contribution in [1.29, 1.82) is 0 Å². The maximum Gasteiger partial charge on any atom is 0.236 e. The van der Waals surface area contributed by atoms with Gasteiger partial charge in [0, 0.05) is 12.1 Å². The molecule has 4 nitrogen and oxygen atoms in total. The van der Waals surface area contributed by atoms with Crippen LogP contribution in [0.25, 0.3) is 0 Å². The zero-order valence-corrected chi connectivity index (χ0v) is 11.1. The number of benzene rings is 1. The summed E-state index contributed by atoms with van der Waals surface area (Å²) in [5.74, 6) is -0.401. The van der Waals surface area contributed by atoms with Gasteiger partial charge in [-0.3, -0.25) is 9.59 Å². The fourth-order valence-electron chi connectivity index (χ4n) is 1.67. The summed E-state index contributed by atoms with van der Waals surface area (Å²) >= 11 is 6.11. The summed E-state index contributed by atoms with van der Waals surface area (Å²) in [5, 5.41) is 0.456. The Morgan fingerprint density at radius 2 is 2.22 bits per heavy atom. The van der Waals surface area contributed by atoms with Gasteiger partial charge in [0.05, 0.1) is 17.3 Å². The second kappa shape index (κ2) is 7.01. The van der Waals surface area contributed by atoms with Crippen molar-refractivity contribution < 1.29 is 9.59 Å². The number of hydrogen-bond acceptors (Lipinski definition) is 3. The molecule has 0 fully saturated rings. The first-order valence-corrected chi connectivity index (χ1v) is 6.24. The van der Waals surface area contributed by atoms with Crippen LogP contribution in [0, 0.1) is 0 Å². The maximum absolute atomic E-state index is 11.1. The van der Waals surface area contributed by atoms with E-state index in [1.54, 1.807) is 18.2 Å². The van der Waals surface area contributed by atoms with Crippen LogP contribution in [0.1, 0.15) is 30.1 Å². The van der Waals surface area contributed by atoms with Crippen molar-refractivity contribution in [3.63, 3.8) is 0 Å². The van der Waals surface area contributed by atoms with Crippen LogP contribution in [0.2, 0.25) is 5.02 Å². The van der Waals surface area contributed by atoms with Gasteiger partial charge in [-0.15, -0.1) is 0 Å². The van der Waals surface area contributed by atoms with Crippen LogP contribution in [-0.4, -0.2) is 25.3 Å². The Morgan fingerprint density at radius 3 is 2.72 bits per heavy atom. The molecule has 0 atom stereocenters. The molecule has 0 spiro atoms. The van der Waals surface area contributed by atoms with E-state index >= 15 is 0 Å². The highest BCUT2D eigenvalue weighted by molar-refractivity contribution is 6.33. The standard InChI is InChI=1S/C13H17ClN2O2/c1-2-3-6-16(8-13(15)18)12-5-4-10(9-17)7-11(12)14/h4-5,7,9H,2-3,6,8H2,1H3,(H2,15,18). The molecule has 0 aromatic heterocycles. The van der Waals surface area contributed by atoms with Crippen LogP contribution in [0.5, 0.6) is 0 Å². The average molecular weight is 269 g/mol. The van der Waals surface area contributed by atoms with Crippen molar-refractivity contribution in [2.75, 3.05) is 18.0 Å². The van der Waals surface area contributed by atoms with Gasteiger partial charge in [0.15, 0.2) is 0 Å². The topological polar surface area (TPSA) is 63.4 Å². The number of aldehydes is 1. The van der Waals surface area contributed by atoms with Crippen molar-refractivity contribution in [3.8, 4) is 0 Å². The number of nitrogens with zero attached hydrogens (tertiary/aromatic N) is 1. The minimum Gasteiger partial charge on any atom is -0.368 e. The van der Waals surface area contributed by atoms with E-state index in [2.05, 4.69) is 6.92 Å². The Bertz CT molecular complexity index is 435. The van der Waals surface area contributed by atoms with Gasteiger partial charge in [0.2, 0.25) is 5.91 Å². The summed E-state index contributed by atoms with van der Waals surface area (Å²) in [4.78, 5) is 23.5. The molecule has 18 heavy (non-hydrogen) atoms. The predicted octanol–water partition coefficient (Wildman–Crippen LogP) is 2.24. The van der Waals surface area contributed by atoms with Gasteiger partial charge in [-0.2, -0.15) is 0 Å². The lowest BCUT2D eigenvalue weighted by Gasteiger charge is -2.24. The highest BCUT2D eigenvalue weighted by Gasteiger charge is 2.12. The summed E-state index contributed by atoms with van der Waals surface area (Å²) in [6.07, 6.45) is 2.69. The Labute approximate surface area is 112 Å². The average Bonchev–Trinajstić information content (AvgIpc) is 2.34. The van der Waals surface area contributed by atoms with Crippen molar-refractivity contribution in [3.05, 3.63) is 28.8 Å². The number of halogens is 1. The zero-order chi connectivity index (χ0) is 13.5. The number of carbonyl (C=O) groups excluding carboxylic acids is 2. The Kier molecular flexibility index (Phi) is 5.65. The van der Waals surface area contributed by atoms with E-state index in [-0.39, 0.29) is 6.54 Å². The van der Waals surface area contributed by atoms with E-state index in [4.69, 9.17) is 17.3 Å². The van der Waals surface area contributed by atoms with Crippen molar-refractivity contribution >= 4 is 29.5 Å². The number of rotatable bonds is 7. The Balaban J connectivity index is 2.96. The van der Waals surface area contributed by atoms with Crippen molar-refractivity contribution in [2.45, 2.75) is 19.8 Å². The van der Waals surface area contributed by atoms with E-state index in [1.165, 1.54) is 0 Å². The summed E-state index contributed by atoms with van der Waals surface area (Å²) in [7, 11) is 0. The Hall–Kier alpha value is -1.55. The van der Waals surface area contributed by atoms with Gasteiger partial charge in [-0.25, -0.2) is 0 Å². The number of anilines is 1. The molecule has 0 radical (unpaired) electrons. The minimum atomic E-state index is -0.401. The normalized spacial score (nSPS) is 10.1. The van der Waals surface area contributed by atoms with E-state index in [0.29, 0.717) is 17.1 Å². The molecule has 5 heteroatoms. The zero-order valence-electron chi connectivity index (χ0n) is 10.4. The SMILES string of the molecule is CCCCN(CC(N)=O)c1ccc(C=O)cc1Cl. The minimum absolute atomic E-state index is 0.125. The fraction of sp³-hybridized carbons (Fsp3) is 0.385. The van der Waals surface area contributed by atoms with Gasteiger partial charge < -0.3 is 10.6 Å². The maximum atomic E-state index is 11.1. The molecule has 1 rings (SSSR count). The van der Waals surface area contributed by atoms with E-state index < -0.39 is 5.91 Å². The molecular weight excluding hydrogens is 252 g/mol. The molecule has 0 bridgehead atoms. The van der Waals surface area contributed by atoms with Crippen LogP contribution in [-0.2, 0) is 4.79 Å². The highest BCUT2D eigenvalue weighted by Crippen LogP contribution is 2.26. The quantitative estimate of drug-likeness (QED) is 0.772. The molecule has 0 unspecified atom stereocenters. The van der Waals surface area contributed by atoms with E-state index in [1.807, 2.05) is 4.90 Å². The molecule has 1 aromatic carbocycles. The smallest absolute Gasteiger partial charge is 0.236 e. The summed E-state index contributed by atoms with van der Waals surface area (Å²) in [6, 6.07) is 5.00. The van der Waals surface area contributed by atoms with Crippen LogP contribution in [0.3, 0.4) is 0 Å². The van der Waals surface area contributed by atoms with Crippen LogP contribution in [0.4, 0.5) is 5.69 Å². The second-order valence-electron chi connectivity index (χ2n) is 4.07. The third-order valence-corrected chi connectivity index (χ3v) is 2.88. The summed E-state index contributed by atoms with van der Waals surface area (Å²) < 4.78 is 0. The van der Waals surface area contributed by atoms with E-state index in [0.717, 1.165) is 24.8 Å². The Morgan fingerprint density at radius 1 is 1.50 bits per heavy atom. The first-order valence-electron chi connectivity index (χ1n) is 5.86. The van der Waals surface area contributed by atoms with Gasteiger partial charge >= 0.3 is 0 Å². The third kappa shape index (κ3) is 4.04. The van der Waals surface area contributed by atoms with E-state index in [9.17, 15) is 9.59 Å². The molecule has 0 saturated carbocycles. The number of unbranched alkanes of at least 4 members (excludes halogenated alkanes) is 1. The molecule has 0 aliphatic carbocycles. The lowest BCUT2D eigenvalue weighted by molar-refractivity contribution is -0.116. The monoisotopic (exact) mass is 268 g/mol. The molecule has 0 aliphatic rings. The molecule has 2 N–H and O–H groups in total. The lowest BCUT2D eigenvalue weighted by atomic mass is 10.2. The molecule has 0 heterocycles. The molecule has 0 aliphatic heterocycles. The van der Waals surface area contributed by atoms with Crippen molar-refractivity contribution in [1.82, 2.24) is 0 Å². The fourth-order valence-corrected chi connectivity index (χ4v) is 1.98. The first-order chi connectivity index (χ1) is 8.58. The van der Waals surface area contributed by atoms with Crippen molar-refractivity contribution in [2.24, 2.45) is 5.73 Å². The van der Waals surface area contributed by atoms with Gasteiger partial charge in [0.1, 0.15) is 6.29 Å². The number of nitrogens with two attached hydrogens (primary N) is 1. The molecular formula is C13H17ClN2O2. The first kappa shape index (κ1) is 14.5. The molecule has 1 aromatic rings. The third-order valence-electron chi connectivity index (χ3n) is 2.58.